The van der Waals surface area contributed by atoms with Crippen LogP contribution in [0, 0.1) is 23.7 Å². The van der Waals surface area contributed by atoms with Crippen molar-refractivity contribution in [3.63, 3.8) is 0 Å². The van der Waals surface area contributed by atoms with Crippen LogP contribution in [-0.4, -0.2) is 116 Å². The maximum Gasteiger partial charge on any atom is 0.245 e. The third-order valence-corrected chi connectivity index (χ3v) is 10.7. The van der Waals surface area contributed by atoms with E-state index in [0.717, 1.165) is 12.8 Å². The number of likely N-dealkylation sites (tertiary alicyclic amines) is 1. The molecule has 10 atom stereocenters. The second kappa shape index (κ2) is 20.8. The number of likely N-dealkylation sites (N-methyl/N-ethyl adjacent to an activating group) is 2. The fraction of sp³-hybridized carbons (Fsp3) is 0.744. The first-order chi connectivity index (χ1) is 24.0. The van der Waals surface area contributed by atoms with E-state index in [0.29, 0.717) is 18.5 Å². The van der Waals surface area contributed by atoms with Gasteiger partial charge in [0.2, 0.25) is 23.6 Å². The summed E-state index contributed by atoms with van der Waals surface area (Å²) in [6.07, 6.45) is 0.147. The van der Waals surface area contributed by atoms with Crippen molar-refractivity contribution in [3.05, 3.63) is 35.9 Å². The average Bonchev–Trinajstić information content (AvgIpc) is 3.59. The number of amides is 4. The predicted octanol–water partition coefficient (Wildman–Crippen LogP) is 3.53. The van der Waals surface area contributed by atoms with Crippen molar-refractivity contribution in [1.29, 1.82) is 0 Å². The van der Waals surface area contributed by atoms with Crippen LogP contribution in [0.5, 0.6) is 0 Å². The Labute approximate surface area is 306 Å². The van der Waals surface area contributed by atoms with Gasteiger partial charge in [-0.1, -0.05) is 85.2 Å². The van der Waals surface area contributed by atoms with Gasteiger partial charge in [0, 0.05) is 27.8 Å². The van der Waals surface area contributed by atoms with E-state index in [1.54, 1.807) is 52.0 Å². The van der Waals surface area contributed by atoms with Crippen molar-refractivity contribution in [2.24, 2.45) is 23.7 Å². The summed E-state index contributed by atoms with van der Waals surface area (Å²) in [5.41, 5.74) is 0.711. The molecular formula is C39H67N5O7. The van der Waals surface area contributed by atoms with E-state index < -0.39 is 48.4 Å². The summed E-state index contributed by atoms with van der Waals surface area (Å²) < 4.78 is 11.9. The van der Waals surface area contributed by atoms with E-state index in [1.807, 2.05) is 71.9 Å². The molecule has 0 aromatic heterocycles. The number of nitrogens with zero attached hydrogens (tertiary/aromatic N) is 2. The Bertz CT molecular complexity index is 1250. The molecule has 1 aromatic carbocycles. The lowest BCUT2D eigenvalue weighted by atomic mass is 9.89. The number of aliphatic hydroxyl groups excluding tert-OH is 1. The van der Waals surface area contributed by atoms with Gasteiger partial charge in [0.15, 0.2) is 0 Å². The highest BCUT2D eigenvalue weighted by molar-refractivity contribution is 5.90. The molecule has 1 aliphatic heterocycles. The molecule has 51 heavy (non-hydrogen) atoms. The smallest absolute Gasteiger partial charge is 0.245 e. The Balaban J connectivity index is 2.24. The molecule has 290 valence electrons. The zero-order valence-corrected chi connectivity index (χ0v) is 33.1. The molecule has 0 saturated carbocycles. The molecule has 1 heterocycles. The minimum Gasteiger partial charge on any atom is -0.386 e. The van der Waals surface area contributed by atoms with Crippen molar-refractivity contribution in [3.8, 4) is 0 Å². The summed E-state index contributed by atoms with van der Waals surface area (Å²) in [6.45, 7) is 15.9. The summed E-state index contributed by atoms with van der Waals surface area (Å²) in [5, 5.41) is 19.8. The summed E-state index contributed by atoms with van der Waals surface area (Å²) in [7, 11) is 6.57. The first kappa shape index (κ1) is 44.1. The standard InChI is InChI=1S/C39H67N5O7/c1-13-25(6)34(43(10)39(49)33(24(4)5)42-38(48)32(40-9)23(2)3)30(50-11)22-31(45)44-21-17-20-29(44)36(51-12)26(7)37(47)41-27(8)35(46)28-18-15-14-16-19-28/h14-16,18-19,23-27,29-30,32-36,40,46H,13,17,20-22H2,1-12H3,(H,41,47)(H,42,48)/t25-,26+,27+,29-,30+,32-,33?,34-,35+,36+/m1/s1. The highest BCUT2D eigenvalue weighted by Gasteiger charge is 2.43. The number of rotatable bonds is 20. The Morgan fingerprint density at radius 2 is 1.53 bits per heavy atom. The lowest BCUT2D eigenvalue weighted by molar-refractivity contribution is -0.148. The Morgan fingerprint density at radius 3 is 2.04 bits per heavy atom. The minimum absolute atomic E-state index is 0.0148. The van der Waals surface area contributed by atoms with E-state index in [4.69, 9.17) is 9.47 Å². The molecule has 0 spiro atoms. The summed E-state index contributed by atoms with van der Waals surface area (Å²) >= 11 is 0. The lowest BCUT2D eigenvalue weighted by Crippen LogP contribution is -2.59. The molecule has 1 fully saturated rings. The van der Waals surface area contributed by atoms with Crippen LogP contribution in [-0.2, 0) is 28.7 Å². The van der Waals surface area contributed by atoms with Crippen LogP contribution < -0.4 is 16.0 Å². The number of hydrogen-bond acceptors (Lipinski definition) is 8. The number of nitrogens with one attached hydrogen (secondary N) is 3. The van der Waals surface area contributed by atoms with Crippen molar-refractivity contribution < 1.29 is 33.8 Å². The maximum absolute atomic E-state index is 14.1. The first-order valence-corrected chi connectivity index (χ1v) is 18.7. The maximum atomic E-state index is 14.1. The van der Waals surface area contributed by atoms with Crippen LogP contribution in [0.1, 0.15) is 92.7 Å². The van der Waals surface area contributed by atoms with Crippen LogP contribution in [0.2, 0.25) is 0 Å². The molecule has 4 N–H and O–H groups in total. The quantitative estimate of drug-likeness (QED) is 0.160. The van der Waals surface area contributed by atoms with Gasteiger partial charge >= 0.3 is 0 Å². The topological polar surface area (TPSA) is 150 Å². The number of benzene rings is 1. The SMILES string of the molecule is CC[C@@H](C)[C@H]([C@H](CC(=O)N1CCC[C@@H]1[C@@H](OC)[C@H](C)C(=O)N[C@@H](C)[C@H](O)c1ccccc1)OC)N(C)C(=O)C(NC(=O)[C@H](NC)C(C)C)C(C)C. The van der Waals surface area contributed by atoms with Crippen molar-refractivity contribution >= 4 is 23.6 Å². The molecular weight excluding hydrogens is 650 g/mol. The van der Waals surface area contributed by atoms with Gasteiger partial charge in [0.05, 0.1) is 54.8 Å². The van der Waals surface area contributed by atoms with Crippen LogP contribution in [0.15, 0.2) is 30.3 Å². The van der Waals surface area contributed by atoms with Crippen molar-refractivity contribution in [2.75, 3.05) is 34.9 Å². The largest absolute Gasteiger partial charge is 0.386 e. The molecule has 0 radical (unpaired) electrons. The third-order valence-electron chi connectivity index (χ3n) is 10.7. The number of hydrogen-bond donors (Lipinski definition) is 4. The molecule has 1 unspecified atom stereocenters. The molecule has 12 nitrogen and oxygen atoms in total. The molecule has 12 heteroatoms. The molecule has 0 aliphatic carbocycles. The lowest BCUT2D eigenvalue weighted by Gasteiger charge is -2.41. The number of carbonyl (C=O) groups excluding carboxylic acids is 4. The molecule has 1 saturated heterocycles. The Kier molecular flexibility index (Phi) is 18.0. The van der Waals surface area contributed by atoms with Gasteiger partial charge in [-0.15, -0.1) is 0 Å². The predicted molar refractivity (Wildman–Crippen MR) is 200 cm³/mol. The van der Waals surface area contributed by atoms with Crippen LogP contribution in [0.25, 0.3) is 0 Å². The first-order valence-electron chi connectivity index (χ1n) is 18.7. The molecule has 0 bridgehead atoms. The Hall–Kier alpha value is -3.06. The zero-order chi connectivity index (χ0) is 38.6. The van der Waals surface area contributed by atoms with E-state index >= 15 is 0 Å². The van der Waals surface area contributed by atoms with E-state index in [9.17, 15) is 24.3 Å². The van der Waals surface area contributed by atoms with Gasteiger partial charge in [0.1, 0.15) is 6.04 Å². The zero-order valence-electron chi connectivity index (χ0n) is 33.1. The highest BCUT2D eigenvalue weighted by atomic mass is 16.5. The monoisotopic (exact) mass is 718 g/mol. The number of aliphatic hydroxyl groups is 1. The summed E-state index contributed by atoms with van der Waals surface area (Å²) in [5.74, 6) is -1.62. The van der Waals surface area contributed by atoms with E-state index in [1.165, 1.54) is 0 Å². The second-order valence-electron chi connectivity index (χ2n) is 15.0. The van der Waals surface area contributed by atoms with Crippen LogP contribution in [0.4, 0.5) is 0 Å². The fourth-order valence-electron chi connectivity index (χ4n) is 7.42. The number of ether oxygens (including phenoxy) is 2. The van der Waals surface area contributed by atoms with E-state index in [2.05, 4.69) is 16.0 Å². The molecule has 2 rings (SSSR count). The van der Waals surface area contributed by atoms with Gasteiger partial charge in [-0.05, 0) is 50.1 Å². The van der Waals surface area contributed by atoms with Crippen molar-refractivity contribution in [1.82, 2.24) is 25.8 Å². The van der Waals surface area contributed by atoms with Crippen LogP contribution >= 0.6 is 0 Å². The average molecular weight is 718 g/mol. The highest BCUT2D eigenvalue weighted by Crippen LogP contribution is 2.30. The fourth-order valence-corrected chi connectivity index (χ4v) is 7.42. The van der Waals surface area contributed by atoms with Crippen LogP contribution in [0.3, 0.4) is 0 Å². The van der Waals surface area contributed by atoms with Crippen molar-refractivity contribution in [2.45, 2.75) is 130 Å². The van der Waals surface area contributed by atoms with Gasteiger partial charge in [-0.3, -0.25) is 19.2 Å². The number of methoxy groups -OCH3 is 2. The van der Waals surface area contributed by atoms with Gasteiger partial charge in [0.25, 0.3) is 0 Å². The summed E-state index contributed by atoms with van der Waals surface area (Å²) in [4.78, 5) is 58.3. The molecule has 1 aliphatic rings. The number of carbonyl (C=O) groups is 4. The molecule has 4 amide bonds. The van der Waals surface area contributed by atoms with Gasteiger partial charge in [-0.25, -0.2) is 0 Å². The third kappa shape index (κ3) is 11.5. The van der Waals surface area contributed by atoms with Gasteiger partial charge in [-0.2, -0.15) is 0 Å². The van der Waals surface area contributed by atoms with E-state index in [-0.39, 0.29) is 53.8 Å². The minimum atomic E-state index is -0.875. The summed E-state index contributed by atoms with van der Waals surface area (Å²) in [6, 6.07) is 6.67. The normalized spacial score (nSPS) is 20.1. The molecule has 1 aromatic rings. The van der Waals surface area contributed by atoms with Gasteiger partial charge < -0.3 is 40.3 Å². The Morgan fingerprint density at radius 1 is 0.922 bits per heavy atom. The second-order valence-corrected chi connectivity index (χ2v) is 15.0.